The fraction of sp³-hybridized carbons (Fsp3) is 0.538. The van der Waals surface area contributed by atoms with Crippen molar-refractivity contribution in [2.45, 2.75) is 44.7 Å². The summed E-state index contributed by atoms with van der Waals surface area (Å²) in [4.78, 5) is 6.48. The van der Waals surface area contributed by atoms with E-state index in [1.165, 1.54) is 16.1 Å². The number of nitrogens with zero attached hydrogens (tertiary/aromatic N) is 2. The number of ether oxygens (including phenoxy) is 2. The van der Waals surface area contributed by atoms with Gasteiger partial charge in [-0.05, 0) is 37.2 Å². The van der Waals surface area contributed by atoms with Gasteiger partial charge in [0.25, 0.3) is 0 Å². The third-order valence-corrected chi connectivity index (χ3v) is 7.08. The van der Waals surface area contributed by atoms with Crippen molar-refractivity contribution in [1.29, 1.82) is 0 Å². The van der Waals surface area contributed by atoms with Gasteiger partial charge in [0, 0.05) is 29.4 Å². The van der Waals surface area contributed by atoms with E-state index in [1.807, 2.05) is 11.8 Å². The molecule has 0 saturated heterocycles. The molecule has 170 valence electrons. The van der Waals surface area contributed by atoms with Gasteiger partial charge >= 0.3 is 0 Å². The highest BCUT2D eigenvalue weighted by atomic mass is 32.2. The summed E-state index contributed by atoms with van der Waals surface area (Å²) in [6.45, 7) is 13.5. The monoisotopic (exact) mass is 442 g/mol. The van der Waals surface area contributed by atoms with Gasteiger partial charge in [0.05, 0.1) is 31.5 Å². The molecule has 2 unspecified atom stereocenters. The molecule has 2 aromatic rings. The minimum absolute atomic E-state index is 0.263. The Kier molecular flexibility index (Phi) is 9.12. The van der Waals surface area contributed by atoms with Crippen molar-refractivity contribution in [3.8, 4) is 5.75 Å². The molecule has 0 saturated carbocycles. The van der Waals surface area contributed by atoms with Crippen LogP contribution in [-0.2, 0) is 4.74 Å². The van der Waals surface area contributed by atoms with Gasteiger partial charge in [0.2, 0.25) is 0 Å². The van der Waals surface area contributed by atoms with Crippen LogP contribution in [0.4, 0.5) is 5.69 Å². The number of anilines is 1. The summed E-state index contributed by atoms with van der Waals surface area (Å²) in [6, 6.07) is 17.9. The van der Waals surface area contributed by atoms with Crippen molar-refractivity contribution in [3.05, 3.63) is 54.1 Å². The van der Waals surface area contributed by atoms with Crippen molar-refractivity contribution in [3.63, 3.8) is 0 Å². The van der Waals surface area contributed by atoms with Gasteiger partial charge in [-0.15, -0.1) is 11.8 Å². The maximum absolute atomic E-state index is 6.16. The maximum Gasteiger partial charge on any atom is 0.124 e. The molecule has 5 heteroatoms. The standard InChI is InChI=1S/C26H38N2O2S/c1-6-27(7-2)21(18-30-17-20(3)4)16-28-23-13-9-11-15-26(23)31-19-24(28)22-12-8-10-14-25(22)29-5/h8-15,20-21,24H,6-7,16-19H2,1-5H3. The fourth-order valence-corrected chi connectivity index (χ4v) is 5.55. The van der Waals surface area contributed by atoms with Crippen LogP contribution in [0.2, 0.25) is 0 Å². The van der Waals surface area contributed by atoms with Gasteiger partial charge in [0.15, 0.2) is 0 Å². The minimum Gasteiger partial charge on any atom is -0.496 e. The Balaban J connectivity index is 1.94. The average Bonchev–Trinajstić information content (AvgIpc) is 2.79. The molecule has 3 rings (SSSR count). The zero-order chi connectivity index (χ0) is 22.2. The molecule has 0 bridgehead atoms. The SMILES string of the molecule is CCN(CC)C(COCC(C)C)CN1c2ccccc2SCC1c1ccccc1OC. The molecule has 0 aromatic heterocycles. The number of thioether (sulfide) groups is 1. The lowest BCUT2D eigenvalue weighted by atomic mass is 10.0. The summed E-state index contributed by atoms with van der Waals surface area (Å²) in [5, 5.41) is 0. The average molecular weight is 443 g/mol. The first-order valence-corrected chi connectivity index (χ1v) is 12.5. The third-order valence-electron chi connectivity index (χ3n) is 5.94. The molecule has 4 nitrogen and oxygen atoms in total. The number of para-hydroxylation sites is 2. The largest absolute Gasteiger partial charge is 0.496 e. The molecule has 1 aliphatic heterocycles. The predicted octanol–water partition coefficient (Wildman–Crippen LogP) is 5.73. The predicted molar refractivity (Wildman–Crippen MR) is 133 cm³/mol. The van der Waals surface area contributed by atoms with Crippen LogP contribution < -0.4 is 9.64 Å². The highest BCUT2D eigenvalue weighted by Gasteiger charge is 2.32. The summed E-state index contributed by atoms with van der Waals surface area (Å²) < 4.78 is 11.9. The molecule has 0 fully saturated rings. The second-order valence-electron chi connectivity index (χ2n) is 8.50. The van der Waals surface area contributed by atoms with Gasteiger partial charge in [-0.3, -0.25) is 4.90 Å². The van der Waals surface area contributed by atoms with Crippen LogP contribution in [0, 0.1) is 5.92 Å². The summed E-state index contributed by atoms with van der Waals surface area (Å²) >= 11 is 1.94. The summed E-state index contributed by atoms with van der Waals surface area (Å²) in [5.74, 6) is 2.52. The lowest BCUT2D eigenvalue weighted by Crippen LogP contribution is -2.49. The first kappa shape index (κ1) is 24.0. The zero-order valence-electron chi connectivity index (χ0n) is 19.7. The van der Waals surface area contributed by atoms with E-state index in [0.717, 1.165) is 44.4 Å². The molecule has 2 aromatic carbocycles. The lowest BCUT2D eigenvalue weighted by molar-refractivity contribution is 0.0515. The number of likely N-dealkylation sites (N-methyl/N-ethyl adjacent to an activating group) is 1. The molecule has 0 aliphatic carbocycles. The van der Waals surface area contributed by atoms with Gasteiger partial charge in [0.1, 0.15) is 5.75 Å². The minimum atomic E-state index is 0.263. The highest BCUT2D eigenvalue weighted by molar-refractivity contribution is 7.99. The van der Waals surface area contributed by atoms with E-state index in [9.17, 15) is 0 Å². The van der Waals surface area contributed by atoms with Crippen molar-refractivity contribution >= 4 is 17.4 Å². The van der Waals surface area contributed by atoms with Crippen LogP contribution in [-0.4, -0.2) is 56.7 Å². The number of fused-ring (bicyclic) bond motifs is 1. The maximum atomic E-state index is 6.16. The van der Waals surface area contributed by atoms with Gasteiger partial charge in [-0.25, -0.2) is 0 Å². The lowest BCUT2D eigenvalue weighted by Gasteiger charge is -2.43. The van der Waals surface area contributed by atoms with Gasteiger partial charge in [-0.1, -0.05) is 58.0 Å². The molecular formula is C26H38N2O2S. The molecule has 1 aliphatic rings. The van der Waals surface area contributed by atoms with E-state index in [0.29, 0.717) is 12.0 Å². The van der Waals surface area contributed by atoms with Crippen molar-refractivity contribution in [1.82, 2.24) is 4.90 Å². The summed E-state index contributed by atoms with van der Waals surface area (Å²) in [5.41, 5.74) is 2.57. The van der Waals surface area contributed by atoms with Crippen molar-refractivity contribution in [2.24, 2.45) is 5.92 Å². The quantitative estimate of drug-likeness (QED) is 0.442. The molecular weight excluding hydrogens is 404 g/mol. The summed E-state index contributed by atoms with van der Waals surface area (Å²) in [7, 11) is 1.77. The van der Waals surface area contributed by atoms with Crippen LogP contribution in [0.15, 0.2) is 53.4 Å². The van der Waals surface area contributed by atoms with Crippen molar-refractivity contribution < 1.29 is 9.47 Å². The number of rotatable bonds is 11. The molecule has 1 heterocycles. The zero-order valence-corrected chi connectivity index (χ0v) is 20.5. The third kappa shape index (κ3) is 5.97. The van der Waals surface area contributed by atoms with E-state index >= 15 is 0 Å². The first-order valence-electron chi connectivity index (χ1n) is 11.5. The molecule has 0 radical (unpaired) electrons. The number of hydrogen-bond donors (Lipinski definition) is 0. The summed E-state index contributed by atoms with van der Waals surface area (Å²) in [6.07, 6.45) is 0. The van der Waals surface area contributed by atoms with Gasteiger partial charge < -0.3 is 14.4 Å². The van der Waals surface area contributed by atoms with Crippen LogP contribution in [0.25, 0.3) is 0 Å². The highest BCUT2D eigenvalue weighted by Crippen LogP contribution is 2.45. The second-order valence-corrected chi connectivity index (χ2v) is 9.56. The second kappa shape index (κ2) is 11.8. The number of methoxy groups -OCH3 is 1. The van der Waals surface area contributed by atoms with Crippen LogP contribution in [0.5, 0.6) is 5.75 Å². The normalized spacial score (nSPS) is 17.1. The Morgan fingerprint density at radius 2 is 1.74 bits per heavy atom. The molecule has 2 atom stereocenters. The Morgan fingerprint density at radius 3 is 2.45 bits per heavy atom. The van der Waals surface area contributed by atoms with E-state index < -0.39 is 0 Å². The van der Waals surface area contributed by atoms with Gasteiger partial charge in [-0.2, -0.15) is 0 Å². The molecule has 0 spiro atoms. The molecule has 0 amide bonds. The van der Waals surface area contributed by atoms with Crippen LogP contribution in [0.1, 0.15) is 39.3 Å². The number of hydrogen-bond acceptors (Lipinski definition) is 5. The first-order chi connectivity index (χ1) is 15.1. The Bertz CT molecular complexity index is 809. The van der Waals surface area contributed by atoms with Crippen molar-refractivity contribution in [2.75, 3.05) is 50.6 Å². The Hall–Kier alpha value is -1.69. The van der Waals surface area contributed by atoms with Crippen LogP contribution in [0.3, 0.4) is 0 Å². The van der Waals surface area contributed by atoms with E-state index in [1.54, 1.807) is 7.11 Å². The topological polar surface area (TPSA) is 24.9 Å². The molecule has 0 N–H and O–H groups in total. The molecule has 31 heavy (non-hydrogen) atoms. The van der Waals surface area contributed by atoms with Crippen LogP contribution >= 0.6 is 11.8 Å². The Labute approximate surface area is 192 Å². The van der Waals surface area contributed by atoms with E-state index in [2.05, 4.69) is 86.0 Å². The Morgan fingerprint density at radius 1 is 1.03 bits per heavy atom. The van der Waals surface area contributed by atoms with E-state index in [-0.39, 0.29) is 6.04 Å². The van der Waals surface area contributed by atoms with E-state index in [4.69, 9.17) is 9.47 Å². The fourth-order valence-electron chi connectivity index (χ4n) is 4.35. The smallest absolute Gasteiger partial charge is 0.124 e. The number of benzene rings is 2.